The number of hydrogen-bond donors (Lipinski definition) is 1. The fourth-order valence-corrected chi connectivity index (χ4v) is 3.77. The minimum absolute atomic E-state index is 0.0330. The zero-order valence-corrected chi connectivity index (χ0v) is 14.3. The summed E-state index contributed by atoms with van der Waals surface area (Å²) < 4.78 is 18.9. The van der Waals surface area contributed by atoms with Gasteiger partial charge in [0, 0.05) is 49.8 Å². The molecule has 136 valence electrons. The standard InChI is InChI=1S/C19H20FN3O3/c20-13-1-3-14(4-2-13)26-15-8-11-22(12-9-15)19-16-7-10-21-17(16)5-6-18(19)23(24)25/h1-6,15,21H,7-12H2. The van der Waals surface area contributed by atoms with Crippen molar-refractivity contribution in [3.8, 4) is 5.75 Å². The van der Waals surface area contributed by atoms with Crippen LogP contribution in [-0.4, -0.2) is 30.7 Å². The molecule has 6 nitrogen and oxygen atoms in total. The summed E-state index contributed by atoms with van der Waals surface area (Å²) in [4.78, 5) is 13.3. The van der Waals surface area contributed by atoms with E-state index in [2.05, 4.69) is 10.2 Å². The van der Waals surface area contributed by atoms with Crippen molar-refractivity contribution in [2.45, 2.75) is 25.4 Å². The molecule has 4 rings (SSSR count). The van der Waals surface area contributed by atoms with Gasteiger partial charge in [0.25, 0.3) is 5.69 Å². The van der Waals surface area contributed by atoms with E-state index in [1.807, 2.05) is 0 Å². The lowest BCUT2D eigenvalue weighted by atomic mass is 10.0. The number of fused-ring (bicyclic) bond motifs is 1. The van der Waals surface area contributed by atoms with E-state index in [-0.39, 0.29) is 22.5 Å². The van der Waals surface area contributed by atoms with E-state index in [1.54, 1.807) is 24.3 Å². The number of hydrogen-bond acceptors (Lipinski definition) is 5. The molecule has 26 heavy (non-hydrogen) atoms. The summed E-state index contributed by atoms with van der Waals surface area (Å²) in [6, 6.07) is 9.41. The number of benzene rings is 2. The van der Waals surface area contributed by atoms with Crippen LogP contribution in [0.1, 0.15) is 18.4 Å². The van der Waals surface area contributed by atoms with Crippen molar-refractivity contribution in [3.05, 3.63) is 57.9 Å². The van der Waals surface area contributed by atoms with Gasteiger partial charge in [0.05, 0.1) is 4.92 Å². The molecule has 0 unspecified atom stereocenters. The lowest BCUT2D eigenvalue weighted by Crippen LogP contribution is -2.39. The molecule has 0 saturated carbocycles. The van der Waals surface area contributed by atoms with E-state index >= 15 is 0 Å². The summed E-state index contributed by atoms with van der Waals surface area (Å²) in [5, 5.41) is 14.8. The second kappa shape index (κ2) is 6.82. The summed E-state index contributed by atoms with van der Waals surface area (Å²) in [6.07, 6.45) is 2.38. The van der Waals surface area contributed by atoms with E-state index < -0.39 is 0 Å². The lowest BCUT2D eigenvalue weighted by molar-refractivity contribution is -0.384. The van der Waals surface area contributed by atoms with E-state index in [0.717, 1.165) is 42.7 Å². The minimum Gasteiger partial charge on any atom is -0.490 e. The summed E-state index contributed by atoms with van der Waals surface area (Å²) in [6.45, 7) is 2.21. The second-order valence-electron chi connectivity index (χ2n) is 6.65. The third-order valence-corrected chi connectivity index (χ3v) is 5.02. The predicted molar refractivity (Wildman–Crippen MR) is 97.6 cm³/mol. The van der Waals surface area contributed by atoms with E-state index in [4.69, 9.17) is 4.74 Å². The van der Waals surface area contributed by atoms with Gasteiger partial charge in [-0.3, -0.25) is 10.1 Å². The molecule has 1 saturated heterocycles. The Kier molecular flexibility index (Phi) is 4.36. The Balaban J connectivity index is 1.49. The third kappa shape index (κ3) is 3.16. The number of nitro groups is 1. The molecule has 7 heteroatoms. The molecule has 1 N–H and O–H groups in total. The fraction of sp³-hybridized carbons (Fsp3) is 0.368. The molecule has 0 spiro atoms. The van der Waals surface area contributed by atoms with Gasteiger partial charge in [-0.25, -0.2) is 4.39 Å². The van der Waals surface area contributed by atoms with Crippen molar-refractivity contribution in [2.75, 3.05) is 29.9 Å². The molecule has 2 aromatic carbocycles. The van der Waals surface area contributed by atoms with E-state index in [9.17, 15) is 14.5 Å². The van der Waals surface area contributed by atoms with Gasteiger partial charge in [-0.1, -0.05) is 0 Å². The molecular weight excluding hydrogens is 337 g/mol. The van der Waals surface area contributed by atoms with Gasteiger partial charge < -0.3 is 15.0 Å². The molecule has 2 heterocycles. The summed E-state index contributed by atoms with van der Waals surface area (Å²) in [5.41, 5.74) is 2.95. The Morgan fingerprint density at radius 3 is 2.58 bits per heavy atom. The number of ether oxygens (including phenoxy) is 1. The van der Waals surface area contributed by atoms with Gasteiger partial charge in [-0.15, -0.1) is 0 Å². The first-order valence-electron chi connectivity index (χ1n) is 8.83. The first-order chi connectivity index (χ1) is 12.6. The van der Waals surface area contributed by atoms with Crippen molar-refractivity contribution < 1.29 is 14.1 Å². The van der Waals surface area contributed by atoms with Crippen LogP contribution in [0.3, 0.4) is 0 Å². The number of nitrogens with one attached hydrogen (secondary N) is 1. The normalized spacial score (nSPS) is 16.9. The molecule has 2 aromatic rings. The highest BCUT2D eigenvalue weighted by atomic mass is 19.1. The number of piperidine rings is 1. The van der Waals surface area contributed by atoms with Crippen LogP contribution in [-0.2, 0) is 6.42 Å². The fourth-order valence-electron chi connectivity index (χ4n) is 3.77. The van der Waals surface area contributed by atoms with Crippen LogP contribution in [0.5, 0.6) is 5.75 Å². The largest absolute Gasteiger partial charge is 0.490 e. The Morgan fingerprint density at radius 2 is 1.88 bits per heavy atom. The lowest BCUT2D eigenvalue weighted by Gasteiger charge is -2.34. The smallest absolute Gasteiger partial charge is 0.292 e. The number of nitrogens with zero attached hydrogens (tertiary/aromatic N) is 2. The highest BCUT2D eigenvalue weighted by Crippen LogP contribution is 2.40. The maximum Gasteiger partial charge on any atom is 0.292 e. The molecular formula is C19H20FN3O3. The molecule has 1 fully saturated rings. The maximum absolute atomic E-state index is 13.0. The van der Waals surface area contributed by atoms with Crippen molar-refractivity contribution in [1.29, 1.82) is 0 Å². The molecule has 2 aliphatic heterocycles. The molecule has 0 amide bonds. The Hall–Kier alpha value is -2.83. The molecule has 0 aliphatic carbocycles. The molecule has 0 bridgehead atoms. The van der Waals surface area contributed by atoms with E-state index in [1.165, 1.54) is 12.1 Å². The van der Waals surface area contributed by atoms with Gasteiger partial charge >= 0.3 is 0 Å². The number of anilines is 2. The van der Waals surface area contributed by atoms with Crippen LogP contribution in [0.15, 0.2) is 36.4 Å². The molecule has 0 atom stereocenters. The number of halogens is 1. The van der Waals surface area contributed by atoms with Crippen LogP contribution in [0.4, 0.5) is 21.5 Å². The van der Waals surface area contributed by atoms with Crippen molar-refractivity contribution in [2.24, 2.45) is 0 Å². The van der Waals surface area contributed by atoms with Crippen LogP contribution >= 0.6 is 0 Å². The highest BCUT2D eigenvalue weighted by molar-refractivity contribution is 5.78. The van der Waals surface area contributed by atoms with Crippen molar-refractivity contribution in [1.82, 2.24) is 0 Å². The Bertz CT molecular complexity index is 818. The molecule has 0 aromatic heterocycles. The Labute approximate surface area is 150 Å². The third-order valence-electron chi connectivity index (χ3n) is 5.02. The predicted octanol–water partition coefficient (Wildman–Crippen LogP) is 3.75. The van der Waals surface area contributed by atoms with Gasteiger partial charge in [-0.2, -0.15) is 0 Å². The van der Waals surface area contributed by atoms with Crippen molar-refractivity contribution in [3.63, 3.8) is 0 Å². The molecule has 0 radical (unpaired) electrons. The van der Waals surface area contributed by atoms with Crippen molar-refractivity contribution >= 4 is 17.1 Å². The first kappa shape index (κ1) is 16.6. The highest BCUT2D eigenvalue weighted by Gasteiger charge is 2.30. The van der Waals surface area contributed by atoms with Crippen LogP contribution in [0, 0.1) is 15.9 Å². The second-order valence-corrected chi connectivity index (χ2v) is 6.65. The summed E-state index contributed by atoms with van der Waals surface area (Å²) in [5.74, 6) is 0.367. The summed E-state index contributed by atoms with van der Waals surface area (Å²) >= 11 is 0. The monoisotopic (exact) mass is 357 g/mol. The number of nitro benzene ring substituents is 1. The van der Waals surface area contributed by atoms with Gasteiger partial charge in [0.1, 0.15) is 23.4 Å². The zero-order chi connectivity index (χ0) is 18.1. The SMILES string of the molecule is O=[N+]([O-])c1ccc2c(c1N1CCC(Oc3ccc(F)cc3)CC1)CCN2. The molecule has 2 aliphatic rings. The topological polar surface area (TPSA) is 67.6 Å². The number of rotatable bonds is 4. The zero-order valence-electron chi connectivity index (χ0n) is 14.3. The Morgan fingerprint density at radius 1 is 1.15 bits per heavy atom. The quantitative estimate of drug-likeness (QED) is 0.667. The van der Waals surface area contributed by atoms with Crippen LogP contribution in [0.25, 0.3) is 0 Å². The van der Waals surface area contributed by atoms with Crippen LogP contribution < -0.4 is 15.0 Å². The average Bonchev–Trinajstić information content (AvgIpc) is 3.12. The maximum atomic E-state index is 13.0. The summed E-state index contributed by atoms with van der Waals surface area (Å²) in [7, 11) is 0. The first-order valence-corrected chi connectivity index (χ1v) is 8.83. The average molecular weight is 357 g/mol. The minimum atomic E-state index is -0.297. The van der Waals surface area contributed by atoms with Crippen LogP contribution in [0.2, 0.25) is 0 Å². The van der Waals surface area contributed by atoms with Gasteiger partial charge in [0.2, 0.25) is 0 Å². The van der Waals surface area contributed by atoms with Gasteiger partial charge in [0.15, 0.2) is 0 Å². The van der Waals surface area contributed by atoms with E-state index in [0.29, 0.717) is 18.8 Å². The van der Waals surface area contributed by atoms with Gasteiger partial charge in [-0.05, 0) is 36.8 Å².